The van der Waals surface area contributed by atoms with Crippen LogP contribution in [0.15, 0.2) is 66.0 Å². The number of nitrogens with zero attached hydrogens (tertiary/aromatic N) is 4. The van der Waals surface area contributed by atoms with Crippen LogP contribution in [0.25, 0.3) is 5.69 Å². The Balaban J connectivity index is 1.46. The second-order valence-electron chi connectivity index (χ2n) is 5.99. The smallest absolute Gasteiger partial charge is 0.191 e. The minimum Gasteiger partial charge on any atom is -0.356 e. The first-order chi connectivity index (χ1) is 12.8. The van der Waals surface area contributed by atoms with Crippen molar-refractivity contribution in [1.82, 2.24) is 25.4 Å². The summed E-state index contributed by atoms with van der Waals surface area (Å²) in [5, 5.41) is 10.9. The first-order valence-electron chi connectivity index (χ1n) is 8.70. The van der Waals surface area contributed by atoms with E-state index >= 15 is 0 Å². The molecule has 0 saturated carbocycles. The van der Waals surface area contributed by atoms with Gasteiger partial charge in [-0.3, -0.25) is 9.98 Å². The molecule has 2 N–H and O–H groups in total. The van der Waals surface area contributed by atoms with Crippen LogP contribution in [0.1, 0.15) is 16.8 Å². The van der Waals surface area contributed by atoms with Crippen molar-refractivity contribution in [2.75, 3.05) is 13.6 Å². The highest BCUT2D eigenvalue weighted by atomic mass is 15.3. The monoisotopic (exact) mass is 348 g/mol. The van der Waals surface area contributed by atoms with Gasteiger partial charge in [-0.1, -0.05) is 18.2 Å². The van der Waals surface area contributed by atoms with Crippen LogP contribution in [0.5, 0.6) is 0 Å². The Labute approximate surface area is 154 Å². The summed E-state index contributed by atoms with van der Waals surface area (Å²) in [4.78, 5) is 8.66. The van der Waals surface area contributed by atoms with Crippen molar-refractivity contribution in [3.05, 3.63) is 77.9 Å². The molecule has 6 heteroatoms. The largest absolute Gasteiger partial charge is 0.356 e. The molecule has 2 aromatic heterocycles. The van der Waals surface area contributed by atoms with E-state index in [2.05, 4.69) is 63.0 Å². The van der Waals surface area contributed by atoms with Crippen molar-refractivity contribution < 1.29 is 0 Å². The van der Waals surface area contributed by atoms with Gasteiger partial charge >= 0.3 is 0 Å². The first kappa shape index (κ1) is 17.7. The molecule has 3 rings (SSSR count). The maximum Gasteiger partial charge on any atom is 0.191 e. The van der Waals surface area contributed by atoms with E-state index in [1.165, 1.54) is 11.1 Å². The second kappa shape index (κ2) is 8.80. The van der Waals surface area contributed by atoms with E-state index in [-0.39, 0.29) is 0 Å². The van der Waals surface area contributed by atoms with E-state index in [4.69, 9.17) is 0 Å². The molecule has 134 valence electrons. The fraction of sp³-hybridized carbons (Fsp3) is 0.250. The van der Waals surface area contributed by atoms with Gasteiger partial charge in [0.15, 0.2) is 5.96 Å². The van der Waals surface area contributed by atoms with Gasteiger partial charge in [0, 0.05) is 32.2 Å². The molecule has 6 nitrogen and oxygen atoms in total. The summed E-state index contributed by atoms with van der Waals surface area (Å²) in [6, 6.07) is 14.4. The number of guanidine groups is 1. The zero-order valence-corrected chi connectivity index (χ0v) is 15.2. The van der Waals surface area contributed by atoms with E-state index in [1.807, 2.05) is 29.2 Å². The number of benzene rings is 1. The average molecular weight is 348 g/mol. The van der Waals surface area contributed by atoms with Crippen LogP contribution in [0.3, 0.4) is 0 Å². The van der Waals surface area contributed by atoms with Crippen molar-refractivity contribution in [3.63, 3.8) is 0 Å². The van der Waals surface area contributed by atoms with Gasteiger partial charge in [-0.2, -0.15) is 5.10 Å². The Bertz CT molecular complexity index is 837. The standard InChI is InChI=1S/C20H24N6/c1-16-5-3-11-22-19(16)15-24-20(21-2)23-13-10-17-6-8-18(9-7-17)26-14-4-12-25-26/h3-9,11-12,14H,10,13,15H2,1-2H3,(H2,21,23,24). The molecule has 0 amide bonds. The topological polar surface area (TPSA) is 67.1 Å². The Morgan fingerprint density at radius 1 is 1.08 bits per heavy atom. The zero-order valence-electron chi connectivity index (χ0n) is 15.2. The van der Waals surface area contributed by atoms with E-state index in [0.29, 0.717) is 6.54 Å². The minimum atomic E-state index is 0.658. The number of rotatable bonds is 6. The predicted octanol–water partition coefficient (Wildman–Crippen LogP) is 2.48. The molecule has 0 radical (unpaired) electrons. The Morgan fingerprint density at radius 3 is 2.62 bits per heavy atom. The van der Waals surface area contributed by atoms with Gasteiger partial charge in [-0.25, -0.2) is 4.68 Å². The Hall–Kier alpha value is -3.15. The van der Waals surface area contributed by atoms with Gasteiger partial charge < -0.3 is 10.6 Å². The highest BCUT2D eigenvalue weighted by Crippen LogP contribution is 2.08. The highest BCUT2D eigenvalue weighted by molar-refractivity contribution is 5.79. The lowest BCUT2D eigenvalue weighted by Crippen LogP contribution is -2.38. The van der Waals surface area contributed by atoms with E-state index in [9.17, 15) is 0 Å². The number of nitrogens with one attached hydrogen (secondary N) is 2. The third kappa shape index (κ3) is 4.69. The molecule has 0 fully saturated rings. The second-order valence-corrected chi connectivity index (χ2v) is 5.99. The van der Waals surface area contributed by atoms with Crippen LogP contribution in [0.4, 0.5) is 0 Å². The third-order valence-corrected chi connectivity index (χ3v) is 4.18. The summed E-state index contributed by atoms with van der Waals surface area (Å²) in [5.41, 5.74) is 4.54. The van der Waals surface area contributed by atoms with E-state index in [1.54, 1.807) is 13.2 Å². The highest BCUT2D eigenvalue weighted by Gasteiger charge is 2.02. The molecule has 0 aliphatic carbocycles. The minimum absolute atomic E-state index is 0.658. The van der Waals surface area contributed by atoms with Crippen molar-refractivity contribution in [1.29, 1.82) is 0 Å². The first-order valence-corrected chi connectivity index (χ1v) is 8.70. The molecular weight excluding hydrogens is 324 g/mol. The molecule has 0 saturated heterocycles. The molecule has 1 aromatic carbocycles. The maximum atomic E-state index is 4.39. The molecule has 0 unspecified atom stereocenters. The molecule has 0 bridgehead atoms. The van der Waals surface area contributed by atoms with Gasteiger partial charge in [0.05, 0.1) is 17.9 Å². The van der Waals surface area contributed by atoms with Crippen molar-refractivity contribution in [2.24, 2.45) is 4.99 Å². The van der Waals surface area contributed by atoms with Crippen molar-refractivity contribution in [2.45, 2.75) is 19.9 Å². The quantitative estimate of drug-likeness (QED) is 0.530. The van der Waals surface area contributed by atoms with Gasteiger partial charge in [-0.05, 0) is 48.7 Å². The molecule has 0 aliphatic rings. The van der Waals surface area contributed by atoms with E-state index < -0.39 is 0 Å². The van der Waals surface area contributed by atoms with Crippen molar-refractivity contribution in [3.8, 4) is 5.69 Å². The number of aryl methyl sites for hydroxylation is 1. The zero-order chi connectivity index (χ0) is 18.2. The van der Waals surface area contributed by atoms with Crippen molar-refractivity contribution >= 4 is 5.96 Å². The maximum absolute atomic E-state index is 4.39. The predicted molar refractivity (Wildman–Crippen MR) is 104 cm³/mol. The molecule has 0 atom stereocenters. The molecule has 3 aromatic rings. The van der Waals surface area contributed by atoms with E-state index in [0.717, 1.165) is 30.3 Å². The Morgan fingerprint density at radius 2 is 1.92 bits per heavy atom. The van der Waals surface area contributed by atoms with Gasteiger partial charge in [0.2, 0.25) is 0 Å². The summed E-state index contributed by atoms with van der Waals surface area (Å²) in [6.07, 6.45) is 6.45. The summed E-state index contributed by atoms with van der Waals surface area (Å²) in [6.45, 7) is 3.53. The molecule has 0 aliphatic heterocycles. The molecule has 26 heavy (non-hydrogen) atoms. The molecule has 2 heterocycles. The number of pyridine rings is 1. The summed E-state index contributed by atoms with van der Waals surface area (Å²) < 4.78 is 1.85. The van der Waals surface area contributed by atoms with Crippen LogP contribution in [-0.2, 0) is 13.0 Å². The van der Waals surface area contributed by atoms with Gasteiger partial charge in [0.1, 0.15) is 0 Å². The summed E-state index contributed by atoms with van der Waals surface area (Å²) in [5.74, 6) is 0.781. The number of hydrogen-bond donors (Lipinski definition) is 2. The van der Waals surface area contributed by atoms with Gasteiger partial charge in [0.25, 0.3) is 0 Å². The lowest BCUT2D eigenvalue weighted by atomic mass is 10.1. The van der Waals surface area contributed by atoms with Crippen LogP contribution < -0.4 is 10.6 Å². The Kier molecular flexibility index (Phi) is 5.98. The number of aliphatic imine (C=N–C) groups is 1. The average Bonchev–Trinajstić information content (AvgIpc) is 3.21. The fourth-order valence-electron chi connectivity index (χ4n) is 2.65. The lowest BCUT2D eigenvalue weighted by molar-refractivity contribution is 0.779. The number of aromatic nitrogens is 3. The van der Waals surface area contributed by atoms with Crippen LogP contribution in [0, 0.1) is 6.92 Å². The summed E-state index contributed by atoms with van der Waals surface area (Å²) >= 11 is 0. The third-order valence-electron chi connectivity index (χ3n) is 4.18. The molecule has 0 spiro atoms. The SMILES string of the molecule is CN=C(NCCc1ccc(-n2cccn2)cc1)NCc1ncccc1C. The fourth-order valence-corrected chi connectivity index (χ4v) is 2.65. The van der Waals surface area contributed by atoms with Crippen LogP contribution >= 0.6 is 0 Å². The van der Waals surface area contributed by atoms with Gasteiger partial charge in [-0.15, -0.1) is 0 Å². The lowest BCUT2D eigenvalue weighted by Gasteiger charge is -2.12. The molecular formula is C20H24N6. The normalized spacial score (nSPS) is 11.4. The number of hydrogen-bond acceptors (Lipinski definition) is 3. The summed E-state index contributed by atoms with van der Waals surface area (Å²) in [7, 11) is 1.78. The van der Waals surface area contributed by atoms with Crippen LogP contribution in [-0.4, -0.2) is 34.3 Å². The van der Waals surface area contributed by atoms with Crippen LogP contribution in [0.2, 0.25) is 0 Å².